The molecule has 1 heterocycles. The van der Waals surface area contributed by atoms with E-state index in [0.29, 0.717) is 13.0 Å². The maximum Gasteiger partial charge on any atom is 0.225 e. The van der Waals surface area contributed by atoms with Crippen molar-refractivity contribution in [3.63, 3.8) is 0 Å². The van der Waals surface area contributed by atoms with Crippen LogP contribution < -0.4 is 0 Å². The van der Waals surface area contributed by atoms with Gasteiger partial charge in [-0.1, -0.05) is 12.1 Å². The molecule has 1 aromatic carbocycles. The zero-order valence-electron chi connectivity index (χ0n) is 11.3. The number of likely N-dealkylation sites (tertiary alicyclic amines) is 1. The lowest BCUT2D eigenvalue weighted by atomic mass is 9.95. The number of halogens is 1. The summed E-state index contributed by atoms with van der Waals surface area (Å²) in [6.07, 6.45) is 3.39. The zero-order chi connectivity index (χ0) is 13.7. The second-order valence-electron chi connectivity index (χ2n) is 4.90. The second-order valence-corrected chi connectivity index (χ2v) is 4.90. The molecule has 0 N–H and O–H groups in total. The molecule has 104 valence electrons. The Kier molecular flexibility index (Phi) is 4.91. The first-order chi connectivity index (χ1) is 9.22. The Labute approximate surface area is 113 Å². The van der Waals surface area contributed by atoms with Gasteiger partial charge in [-0.2, -0.15) is 0 Å². The third kappa shape index (κ3) is 3.53. The minimum absolute atomic E-state index is 0.00815. The number of rotatable bonds is 4. The van der Waals surface area contributed by atoms with Crippen molar-refractivity contribution in [2.45, 2.75) is 31.7 Å². The van der Waals surface area contributed by atoms with Crippen molar-refractivity contribution < 1.29 is 13.9 Å². The molecule has 1 aromatic rings. The zero-order valence-corrected chi connectivity index (χ0v) is 11.3. The van der Waals surface area contributed by atoms with E-state index in [1.165, 1.54) is 12.1 Å². The number of nitrogens with zero attached hydrogens (tertiary/aromatic N) is 1. The van der Waals surface area contributed by atoms with Crippen LogP contribution in [0.2, 0.25) is 0 Å². The van der Waals surface area contributed by atoms with E-state index in [1.54, 1.807) is 13.2 Å². The fourth-order valence-corrected chi connectivity index (χ4v) is 2.62. The van der Waals surface area contributed by atoms with Gasteiger partial charge in [0, 0.05) is 13.7 Å². The normalized spacial score (nSPS) is 19.5. The highest BCUT2D eigenvalue weighted by molar-refractivity contribution is 5.77. The first kappa shape index (κ1) is 14.0. The highest BCUT2D eigenvalue weighted by Gasteiger charge is 2.27. The lowest BCUT2D eigenvalue weighted by Crippen LogP contribution is -2.38. The summed E-state index contributed by atoms with van der Waals surface area (Å²) >= 11 is 0. The van der Waals surface area contributed by atoms with Crippen LogP contribution in [0.1, 0.15) is 37.3 Å². The molecule has 1 aliphatic rings. The van der Waals surface area contributed by atoms with Crippen molar-refractivity contribution in [3.05, 3.63) is 35.6 Å². The highest BCUT2D eigenvalue weighted by Crippen LogP contribution is 2.31. The SMILES string of the molecule is COCCC(=O)N1CCCCC1c1cccc(F)c1. The molecule has 0 aliphatic carbocycles. The number of carbonyl (C=O) groups excluding carboxylic acids is 1. The van der Waals surface area contributed by atoms with E-state index in [-0.39, 0.29) is 17.8 Å². The number of hydrogen-bond donors (Lipinski definition) is 0. The first-order valence-corrected chi connectivity index (χ1v) is 6.76. The Morgan fingerprint density at radius 1 is 1.47 bits per heavy atom. The van der Waals surface area contributed by atoms with Crippen LogP contribution in [0.15, 0.2) is 24.3 Å². The second kappa shape index (κ2) is 6.66. The van der Waals surface area contributed by atoms with E-state index in [4.69, 9.17) is 4.74 Å². The minimum Gasteiger partial charge on any atom is -0.384 e. The molecule has 0 bridgehead atoms. The van der Waals surface area contributed by atoms with Gasteiger partial charge in [0.25, 0.3) is 0 Å². The highest BCUT2D eigenvalue weighted by atomic mass is 19.1. The van der Waals surface area contributed by atoms with Gasteiger partial charge in [-0.3, -0.25) is 4.79 Å². The summed E-state index contributed by atoms with van der Waals surface area (Å²) in [5.41, 5.74) is 0.894. The molecule has 0 radical (unpaired) electrons. The fourth-order valence-electron chi connectivity index (χ4n) is 2.62. The molecule has 1 atom stereocenters. The maximum atomic E-state index is 13.3. The van der Waals surface area contributed by atoms with Gasteiger partial charge >= 0.3 is 0 Å². The van der Waals surface area contributed by atoms with Crippen LogP contribution in [-0.4, -0.2) is 31.1 Å². The number of benzene rings is 1. The average Bonchev–Trinajstić information content (AvgIpc) is 2.45. The van der Waals surface area contributed by atoms with Crippen LogP contribution in [0.5, 0.6) is 0 Å². The molecule has 2 rings (SSSR count). The van der Waals surface area contributed by atoms with Crippen molar-refractivity contribution in [3.8, 4) is 0 Å². The van der Waals surface area contributed by atoms with Crippen molar-refractivity contribution in [1.29, 1.82) is 0 Å². The monoisotopic (exact) mass is 265 g/mol. The summed E-state index contributed by atoms with van der Waals surface area (Å²) in [7, 11) is 1.59. The van der Waals surface area contributed by atoms with Crippen LogP contribution in [0.3, 0.4) is 0 Å². The number of amides is 1. The lowest BCUT2D eigenvalue weighted by Gasteiger charge is -2.36. The summed E-state index contributed by atoms with van der Waals surface area (Å²) < 4.78 is 18.3. The van der Waals surface area contributed by atoms with Crippen molar-refractivity contribution in [2.75, 3.05) is 20.3 Å². The predicted octanol–water partition coefficient (Wildman–Crippen LogP) is 2.92. The van der Waals surface area contributed by atoms with E-state index in [1.807, 2.05) is 11.0 Å². The molecule has 0 spiro atoms. The van der Waals surface area contributed by atoms with Crippen LogP contribution in [-0.2, 0) is 9.53 Å². The van der Waals surface area contributed by atoms with E-state index in [0.717, 1.165) is 31.4 Å². The topological polar surface area (TPSA) is 29.5 Å². The van der Waals surface area contributed by atoms with E-state index in [9.17, 15) is 9.18 Å². The molecule has 4 heteroatoms. The molecule has 1 unspecified atom stereocenters. The summed E-state index contributed by atoms with van der Waals surface area (Å²) in [6.45, 7) is 1.19. The summed E-state index contributed by atoms with van der Waals surface area (Å²) in [5.74, 6) is -0.150. The third-order valence-electron chi connectivity index (χ3n) is 3.58. The van der Waals surface area contributed by atoms with Gasteiger partial charge in [0.1, 0.15) is 5.82 Å². The van der Waals surface area contributed by atoms with Gasteiger partial charge in [0.15, 0.2) is 0 Å². The number of methoxy groups -OCH3 is 1. The first-order valence-electron chi connectivity index (χ1n) is 6.76. The van der Waals surface area contributed by atoms with E-state index >= 15 is 0 Å². The molecule has 1 saturated heterocycles. The van der Waals surface area contributed by atoms with E-state index in [2.05, 4.69) is 0 Å². The third-order valence-corrected chi connectivity index (χ3v) is 3.58. The van der Waals surface area contributed by atoms with Crippen molar-refractivity contribution >= 4 is 5.91 Å². The predicted molar refractivity (Wildman–Crippen MR) is 71.2 cm³/mol. The molecular weight excluding hydrogens is 245 g/mol. The Bertz CT molecular complexity index is 436. The fraction of sp³-hybridized carbons (Fsp3) is 0.533. The Hall–Kier alpha value is -1.42. The lowest BCUT2D eigenvalue weighted by molar-refractivity contribution is -0.136. The average molecular weight is 265 g/mol. The van der Waals surface area contributed by atoms with Crippen LogP contribution in [0.25, 0.3) is 0 Å². The molecule has 1 aliphatic heterocycles. The van der Waals surface area contributed by atoms with Gasteiger partial charge in [-0.15, -0.1) is 0 Å². The summed E-state index contributed by atoms with van der Waals surface area (Å²) in [6, 6.07) is 6.58. The van der Waals surface area contributed by atoms with Gasteiger partial charge in [0.2, 0.25) is 5.91 Å². The van der Waals surface area contributed by atoms with Gasteiger partial charge in [0.05, 0.1) is 19.1 Å². The number of piperidine rings is 1. The number of hydrogen-bond acceptors (Lipinski definition) is 2. The largest absolute Gasteiger partial charge is 0.384 e. The van der Waals surface area contributed by atoms with Gasteiger partial charge in [-0.25, -0.2) is 4.39 Å². The standard InChI is InChI=1S/C15H20FNO2/c1-19-10-8-15(18)17-9-3-2-7-14(17)12-5-4-6-13(16)11-12/h4-6,11,14H,2-3,7-10H2,1H3. The van der Waals surface area contributed by atoms with Gasteiger partial charge < -0.3 is 9.64 Å². The summed E-state index contributed by atoms with van der Waals surface area (Å²) in [5, 5.41) is 0. The summed E-state index contributed by atoms with van der Waals surface area (Å²) in [4.78, 5) is 14.1. The quantitative estimate of drug-likeness (QED) is 0.837. The smallest absolute Gasteiger partial charge is 0.225 e. The molecule has 0 aromatic heterocycles. The minimum atomic E-state index is -0.243. The van der Waals surface area contributed by atoms with Gasteiger partial charge in [-0.05, 0) is 37.0 Å². The van der Waals surface area contributed by atoms with Crippen molar-refractivity contribution in [2.24, 2.45) is 0 Å². The molecule has 1 amide bonds. The Balaban J connectivity index is 2.13. The van der Waals surface area contributed by atoms with Crippen LogP contribution >= 0.6 is 0 Å². The van der Waals surface area contributed by atoms with E-state index < -0.39 is 0 Å². The molecule has 0 saturated carbocycles. The van der Waals surface area contributed by atoms with Crippen LogP contribution in [0, 0.1) is 5.82 Å². The molecule has 1 fully saturated rings. The van der Waals surface area contributed by atoms with Crippen molar-refractivity contribution in [1.82, 2.24) is 4.90 Å². The maximum absolute atomic E-state index is 13.3. The molecule has 3 nitrogen and oxygen atoms in total. The molecule has 19 heavy (non-hydrogen) atoms. The Morgan fingerprint density at radius 3 is 3.05 bits per heavy atom. The number of ether oxygens (including phenoxy) is 1. The number of carbonyl (C=O) groups is 1. The Morgan fingerprint density at radius 2 is 2.32 bits per heavy atom. The van der Waals surface area contributed by atoms with Crippen LogP contribution in [0.4, 0.5) is 4.39 Å². The molecular formula is C15H20FNO2.